The summed E-state index contributed by atoms with van der Waals surface area (Å²) < 4.78 is 0. The summed E-state index contributed by atoms with van der Waals surface area (Å²) in [5, 5.41) is 3.61. The van der Waals surface area contributed by atoms with Crippen LogP contribution in [0.15, 0.2) is 90.9 Å². The maximum absolute atomic E-state index is 4.33. The lowest BCUT2D eigenvalue weighted by Crippen LogP contribution is -2.28. The van der Waals surface area contributed by atoms with E-state index in [1.807, 2.05) is 6.08 Å². The lowest BCUT2D eigenvalue weighted by Gasteiger charge is -2.26. The predicted octanol–water partition coefficient (Wildman–Crippen LogP) is 6.61. The third-order valence-corrected chi connectivity index (χ3v) is 5.45. The molecule has 0 atom stereocenters. The van der Waals surface area contributed by atoms with Gasteiger partial charge in [-0.1, -0.05) is 74.7 Å². The molecule has 0 aromatic heterocycles. The van der Waals surface area contributed by atoms with Crippen molar-refractivity contribution in [2.24, 2.45) is 0 Å². The van der Waals surface area contributed by atoms with Gasteiger partial charge in [-0.15, -0.1) is 0 Å². The fourth-order valence-electron chi connectivity index (χ4n) is 3.12. The zero-order valence-electron chi connectivity index (χ0n) is 18.5. The molecule has 0 bridgehead atoms. The largest absolute Gasteiger partial charge is 0.367 e. The number of rotatable bonds is 9. The highest BCUT2D eigenvalue weighted by atomic mass is 15.2. The fourth-order valence-corrected chi connectivity index (χ4v) is 3.12. The van der Waals surface area contributed by atoms with Crippen LogP contribution in [0.2, 0.25) is 0 Å². The summed E-state index contributed by atoms with van der Waals surface area (Å²) in [4.78, 5) is 2.17. The normalized spacial score (nSPS) is 12.2. The van der Waals surface area contributed by atoms with Crippen molar-refractivity contribution in [2.45, 2.75) is 40.7 Å². The number of hydrogen-bond donors (Lipinski definition) is 1. The van der Waals surface area contributed by atoms with Gasteiger partial charge in [0.1, 0.15) is 5.82 Å². The van der Waals surface area contributed by atoms with E-state index in [4.69, 9.17) is 0 Å². The van der Waals surface area contributed by atoms with Gasteiger partial charge in [0.05, 0.1) is 0 Å². The van der Waals surface area contributed by atoms with Crippen molar-refractivity contribution in [1.29, 1.82) is 0 Å². The number of aryl methyl sites for hydroxylation is 2. The van der Waals surface area contributed by atoms with E-state index in [0.29, 0.717) is 0 Å². The van der Waals surface area contributed by atoms with Gasteiger partial charge in [0.15, 0.2) is 0 Å². The van der Waals surface area contributed by atoms with Crippen molar-refractivity contribution in [3.63, 3.8) is 0 Å². The van der Waals surface area contributed by atoms with Gasteiger partial charge >= 0.3 is 0 Å². The van der Waals surface area contributed by atoms with E-state index in [1.165, 1.54) is 16.7 Å². The van der Waals surface area contributed by atoms with Gasteiger partial charge in [0, 0.05) is 19.3 Å². The van der Waals surface area contributed by atoms with E-state index in [9.17, 15) is 0 Å². The van der Waals surface area contributed by atoms with Gasteiger partial charge in [-0.25, -0.2) is 0 Å². The van der Waals surface area contributed by atoms with Crippen molar-refractivity contribution < 1.29 is 0 Å². The molecule has 0 saturated carbocycles. The summed E-state index contributed by atoms with van der Waals surface area (Å²) in [6, 6.07) is 17.1. The minimum Gasteiger partial charge on any atom is -0.367 e. The van der Waals surface area contributed by atoms with Crippen molar-refractivity contribution in [3.05, 3.63) is 113 Å². The van der Waals surface area contributed by atoms with E-state index in [2.05, 4.69) is 113 Å². The van der Waals surface area contributed by atoms with Crippen LogP contribution < -0.4 is 5.32 Å². The molecule has 29 heavy (non-hydrogen) atoms. The average molecular weight is 387 g/mol. The first-order valence-corrected chi connectivity index (χ1v) is 10.2. The van der Waals surface area contributed by atoms with Crippen LogP contribution >= 0.6 is 0 Å². The first-order valence-electron chi connectivity index (χ1n) is 10.2. The number of hydrogen-bond acceptors (Lipinski definition) is 2. The molecular formula is C27H34N2. The Kier molecular flexibility index (Phi) is 8.09. The third kappa shape index (κ3) is 5.99. The Hall–Kier alpha value is -3.00. The molecule has 0 amide bonds. The Balaban J connectivity index is 2.32. The third-order valence-electron chi connectivity index (χ3n) is 5.45. The number of benzene rings is 2. The van der Waals surface area contributed by atoms with Gasteiger partial charge in [0.2, 0.25) is 0 Å². The van der Waals surface area contributed by atoms with Crippen LogP contribution in [0.4, 0.5) is 0 Å². The Bertz CT molecular complexity index is 914. The SMILES string of the molecule is C=C/C(C)=C(/C)N(C)/C(=C\C(=C)c1ccccc1C)NCc1ccc(CC)cc1. The molecule has 2 aromatic rings. The molecule has 0 radical (unpaired) electrons. The monoisotopic (exact) mass is 386 g/mol. The molecule has 0 heterocycles. The van der Waals surface area contributed by atoms with Crippen LogP contribution in [0, 0.1) is 6.92 Å². The molecule has 0 saturated heterocycles. The summed E-state index contributed by atoms with van der Waals surface area (Å²) in [6.45, 7) is 17.5. The van der Waals surface area contributed by atoms with Crippen molar-refractivity contribution in [3.8, 4) is 0 Å². The summed E-state index contributed by atoms with van der Waals surface area (Å²) in [7, 11) is 2.08. The van der Waals surface area contributed by atoms with Crippen LogP contribution in [0.1, 0.15) is 43.0 Å². The predicted molar refractivity (Wildman–Crippen MR) is 127 cm³/mol. The quantitative estimate of drug-likeness (QED) is 0.488. The zero-order chi connectivity index (χ0) is 21.4. The number of nitrogens with zero attached hydrogens (tertiary/aromatic N) is 1. The molecule has 2 nitrogen and oxygen atoms in total. The second-order valence-corrected chi connectivity index (χ2v) is 7.42. The van der Waals surface area contributed by atoms with E-state index in [0.717, 1.165) is 41.2 Å². The molecular weight excluding hydrogens is 352 g/mol. The Morgan fingerprint density at radius 1 is 1.03 bits per heavy atom. The number of allylic oxidation sites excluding steroid dienone is 5. The lowest BCUT2D eigenvalue weighted by atomic mass is 10.0. The average Bonchev–Trinajstić information content (AvgIpc) is 2.75. The topological polar surface area (TPSA) is 15.3 Å². The summed E-state index contributed by atoms with van der Waals surface area (Å²) in [5.74, 6) is 1.01. The molecule has 2 rings (SSSR count). The van der Waals surface area contributed by atoms with E-state index >= 15 is 0 Å². The van der Waals surface area contributed by atoms with Crippen molar-refractivity contribution >= 4 is 5.57 Å². The van der Waals surface area contributed by atoms with Crippen molar-refractivity contribution in [1.82, 2.24) is 10.2 Å². The minimum atomic E-state index is 0.752. The standard InChI is InChI=1S/C27H34N2/c1-8-20(3)23(6)29(7)27(18-22(5)26-13-11-10-12-21(26)4)28-19-25-16-14-24(9-2)15-17-25/h8,10-18,28H,1,5,9,19H2,2-4,6-7H3/b23-20-,27-18-. The molecule has 2 heteroatoms. The molecule has 152 valence electrons. The summed E-state index contributed by atoms with van der Waals surface area (Å²) in [5.41, 5.74) is 8.28. The Labute approximate surface area is 177 Å². The van der Waals surface area contributed by atoms with Crippen molar-refractivity contribution in [2.75, 3.05) is 7.05 Å². The van der Waals surface area contributed by atoms with Gasteiger partial charge in [-0.2, -0.15) is 0 Å². The Morgan fingerprint density at radius 2 is 1.66 bits per heavy atom. The minimum absolute atomic E-state index is 0.752. The summed E-state index contributed by atoms with van der Waals surface area (Å²) in [6.07, 6.45) is 5.08. The highest BCUT2D eigenvalue weighted by Gasteiger charge is 2.10. The molecule has 1 N–H and O–H groups in total. The first-order chi connectivity index (χ1) is 13.9. The van der Waals surface area contributed by atoms with Gasteiger partial charge < -0.3 is 10.2 Å². The van der Waals surface area contributed by atoms with E-state index < -0.39 is 0 Å². The molecule has 2 aromatic carbocycles. The molecule has 0 aliphatic heterocycles. The maximum Gasteiger partial charge on any atom is 0.106 e. The zero-order valence-corrected chi connectivity index (χ0v) is 18.5. The summed E-state index contributed by atoms with van der Waals surface area (Å²) >= 11 is 0. The fraction of sp³-hybridized carbons (Fsp3) is 0.259. The van der Waals surface area contributed by atoms with Crippen LogP contribution in [0.25, 0.3) is 5.57 Å². The van der Waals surface area contributed by atoms with Crippen LogP contribution in [-0.4, -0.2) is 11.9 Å². The first kappa shape index (κ1) is 22.3. The molecule has 0 aliphatic rings. The lowest BCUT2D eigenvalue weighted by molar-refractivity contribution is 0.464. The maximum atomic E-state index is 4.33. The van der Waals surface area contributed by atoms with Crippen LogP contribution in [0.5, 0.6) is 0 Å². The highest BCUT2D eigenvalue weighted by Crippen LogP contribution is 2.22. The van der Waals surface area contributed by atoms with Gasteiger partial charge in [0.25, 0.3) is 0 Å². The van der Waals surface area contributed by atoms with Gasteiger partial charge in [-0.3, -0.25) is 0 Å². The molecule has 0 spiro atoms. The highest BCUT2D eigenvalue weighted by molar-refractivity contribution is 5.74. The Morgan fingerprint density at radius 3 is 2.24 bits per heavy atom. The van der Waals surface area contributed by atoms with E-state index in [-0.39, 0.29) is 0 Å². The molecule has 0 aliphatic carbocycles. The second-order valence-electron chi connectivity index (χ2n) is 7.42. The molecule has 0 fully saturated rings. The van der Waals surface area contributed by atoms with E-state index in [1.54, 1.807) is 0 Å². The molecule has 0 unspecified atom stereocenters. The number of nitrogens with one attached hydrogen (secondary N) is 1. The second kappa shape index (κ2) is 10.5. The smallest absolute Gasteiger partial charge is 0.106 e. The van der Waals surface area contributed by atoms with Crippen LogP contribution in [-0.2, 0) is 13.0 Å². The van der Waals surface area contributed by atoms with Gasteiger partial charge in [-0.05, 0) is 66.7 Å². The van der Waals surface area contributed by atoms with Crippen LogP contribution in [0.3, 0.4) is 0 Å².